The number of hydrogen-bond acceptors (Lipinski definition) is 1. The molecule has 1 heterocycles. The van der Waals surface area contributed by atoms with Crippen molar-refractivity contribution >= 4 is 28.3 Å². The van der Waals surface area contributed by atoms with Crippen molar-refractivity contribution in [1.82, 2.24) is 4.57 Å². The summed E-state index contributed by atoms with van der Waals surface area (Å²) in [6.45, 7) is 2.13. The van der Waals surface area contributed by atoms with Crippen molar-refractivity contribution in [2.45, 2.75) is 13.3 Å². The van der Waals surface area contributed by atoms with E-state index in [-0.39, 0.29) is 11.7 Å². The zero-order chi connectivity index (χ0) is 12.2. The second-order valence-corrected chi connectivity index (χ2v) is 5.44. The molecule has 0 spiro atoms. The Kier molecular flexibility index (Phi) is 2.30. The van der Waals surface area contributed by atoms with E-state index in [1.165, 1.54) is 0 Å². The van der Waals surface area contributed by atoms with Crippen molar-refractivity contribution < 1.29 is 4.79 Å². The summed E-state index contributed by atoms with van der Waals surface area (Å²) < 4.78 is 1.97. The summed E-state index contributed by atoms with van der Waals surface area (Å²) in [7, 11) is 1.95. The van der Waals surface area contributed by atoms with Gasteiger partial charge < -0.3 is 4.57 Å². The largest absolute Gasteiger partial charge is 0.350 e. The Morgan fingerprint density at radius 2 is 2.18 bits per heavy atom. The van der Waals surface area contributed by atoms with E-state index in [1.807, 2.05) is 36.0 Å². The fourth-order valence-corrected chi connectivity index (χ4v) is 2.61. The van der Waals surface area contributed by atoms with E-state index < -0.39 is 0 Å². The third-order valence-corrected chi connectivity index (χ3v) is 3.90. The fourth-order valence-electron chi connectivity index (χ4n) is 2.44. The first-order valence-electron chi connectivity index (χ1n) is 5.86. The number of hydrogen-bond donors (Lipinski definition) is 0. The van der Waals surface area contributed by atoms with E-state index in [9.17, 15) is 4.79 Å². The molecule has 2 atom stereocenters. The SMILES string of the molecule is CC1CC1C(=O)c1cn(C)c2cc(Cl)ccc12. The molecule has 88 valence electrons. The van der Waals surface area contributed by atoms with Crippen molar-refractivity contribution in [2.24, 2.45) is 18.9 Å². The molecule has 0 saturated heterocycles. The maximum atomic E-state index is 12.3. The van der Waals surface area contributed by atoms with Crippen LogP contribution >= 0.6 is 11.6 Å². The van der Waals surface area contributed by atoms with Crippen LogP contribution in [0.3, 0.4) is 0 Å². The monoisotopic (exact) mass is 247 g/mol. The summed E-state index contributed by atoms with van der Waals surface area (Å²) >= 11 is 5.98. The molecule has 0 radical (unpaired) electrons. The van der Waals surface area contributed by atoms with Crippen LogP contribution < -0.4 is 0 Å². The number of rotatable bonds is 2. The van der Waals surface area contributed by atoms with Crippen LogP contribution in [0.15, 0.2) is 24.4 Å². The van der Waals surface area contributed by atoms with Crippen molar-refractivity contribution in [3.63, 3.8) is 0 Å². The Hall–Kier alpha value is -1.28. The minimum atomic E-state index is 0.233. The molecule has 2 unspecified atom stereocenters. The summed E-state index contributed by atoms with van der Waals surface area (Å²) in [5.74, 6) is 1.06. The van der Waals surface area contributed by atoms with Crippen LogP contribution in [0, 0.1) is 11.8 Å². The van der Waals surface area contributed by atoms with Crippen LogP contribution in [0.1, 0.15) is 23.7 Å². The minimum Gasteiger partial charge on any atom is -0.350 e. The predicted octanol–water partition coefficient (Wildman–Crippen LogP) is 3.67. The second kappa shape index (κ2) is 3.61. The van der Waals surface area contributed by atoms with Gasteiger partial charge in [-0.2, -0.15) is 0 Å². The van der Waals surface area contributed by atoms with Gasteiger partial charge in [0.1, 0.15) is 0 Å². The smallest absolute Gasteiger partial charge is 0.168 e. The number of fused-ring (bicyclic) bond motifs is 1. The fraction of sp³-hybridized carbons (Fsp3) is 0.357. The average molecular weight is 248 g/mol. The van der Waals surface area contributed by atoms with Gasteiger partial charge in [0.05, 0.1) is 0 Å². The maximum Gasteiger partial charge on any atom is 0.168 e. The van der Waals surface area contributed by atoms with E-state index in [4.69, 9.17) is 11.6 Å². The zero-order valence-electron chi connectivity index (χ0n) is 9.90. The van der Waals surface area contributed by atoms with Gasteiger partial charge in [-0.15, -0.1) is 0 Å². The first kappa shape index (κ1) is 10.8. The highest BCUT2D eigenvalue weighted by atomic mass is 35.5. The molecule has 3 rings (SSSR count). The van der Waals surface area contributed by atoms with Crippen LogP contribution in [0.5, 0.6) is 0 Å². The molecule has 2 nitrogen and oxygen atoms in total. The van der Waals surface area contributed by atoms with Crippen molar-refractivity contribution in [3.8, 4) is 0 Å². The molecule has 0 amide bonds. The van der Waals surface area contributed by atoms with Gasteiger partial charge in [0.25, 0.3) is 0 Å². The van der Waals surface area contributed by atoms with Gasteiger partial charge in [0, 0.05) is 40.7 Å². The Morgan fingerprint density at radius 3 is 2.82 bits per heavy atom. The van der Waals surface area contributed by atoms with Gasteiger partial charge in [0.15, 0.2) is 5.78 Å². The van der Waals surface area contributed by atoms with Gasteiger partial charge in [-0.25, -0.2) is 0 Å². The Balaban J connectivity index is 2.14. The molecule has 0 N–H and O–H groups in total. The summed E-state index contributed by atoms with van der Waals surface area (Å²) in [6, 6.07) is 5.69. The number of aromatic nitrogens is 1. The maximum absolute atomic E-state index is 12.3. The highest BCUT2D eigenvalue weighted by Gasteiger charge is 2.40. The number of carbonyl (C=O) groups is 1. The molecule has 1 aliphatic carbocycles. The standard InChI is InChI=1S/C14H14ClNO/c1-8-5-11(8)14(17)12-7-16(2)13-6-9(15)3-4-10(12)13/h3-4,6-8,11H,5H2,1-2H3. The quantitative estimate of drug-likeness (QED) is 0.743. The molecule has 0 aliphatic heterocycles. The summed E-state index contributed by atoms with van der Waals surface area (Å²) in [4.78, 5) is 12.3. The topological polar surface area (TPSA) is 22.0 Å². The van der Waals surface area contributed by atoms with Crippen LogP contribution in [0.2, 0.25) is 5.02 Å². The highest BCUT2D eigenvalue weighted by molar-refractivity contribution is 6.31. The van der Waals surface area contributed by atoms with Gasteiger partial charge in [-0.3, -0.25) is 4.79 Å². The second-order valence-electron chi connectivity index (χ2n) is 5.00. The zero-order valence-corrected chi connectivity index (χ0v) is 10.7. The van der Waals surface area contributed by atoms with E-state index in [0.29, 0.717) is 10.9 Å². The first-order valence-corrected chi connectivity index (χ1v) is 6.24. The molecule has 1 aromatic carbocycles. The Labute approximate surface area is 105 Å². The number of benzene rings is 1. The molecular weight excluding hydrogens is 234 g/mol. The number of aryl methyl sites for hydroxylation is 1. The lowest BCUT2D eigenvalue weighted by Crippen LogP contribution is -2.01. The van der Waals surface area contributed by atoms with E-state index in [0.717, 1.165) is 22.9 Å². The Bertz CT molecular complexity index is 614. The molecule has 1 saturated carbocycles. The molecule has 0 bridgehead atoms. The highest BCUT2D eigenvalue weighted by Crippen LogP contribution is 2.41. The van der Waals surface area contributed by atoms with Crippen LogP contribution in [0.4, 0.5) is 0 Å². The minimum absolute atomic E-state index is 0.233. The molecule has 3 heteroatoms. The molecular formula is C14H14ClNO. The van der Waals surface area contributed by atoms with Gasteiger partial charge in [-0.1, -0.05) is 24.6 Å². The molecule has 1 aliphatic rings. The van der Waals surface area contributed by atoms with Crippen LogP contribution in [-0.2, 0) is 7.05 Å². The number of halogens is 1. The van der Waals surface area contributed by atoms with Crippen LogP contribution in [-0.4, -0.2) is 10.4 Å². The predicted molar refractivity (Wildman–Crippen MR) is 69.5 cm³/mol. The molecule has 1 fully saturated rings. The summed E-state index contributed by atoms with van der Waals surface area (Å²) in [5.41, 5.74) is 1.86. The van der Waals surface area contributed by atoms with E-state index in [1.54, 1.807) is 0 Å². The molecule has 17 heavy (non-hydrogen) atoms. The third kappa shape index (κ3) is 1.67. The normalized spacial score (nSPS) is 23.0. The number of carbonyl (C=O) groups excluding carboxylic acids is 1. The van der Waals surface area contributed by atoms with E-state index >= 15 is 0 Å². The van der Waals surface area contributed by atoms with Crippen LogP contribution in [0.25, 0.3) is 10.9 Å². The lowest BCUT2D eigenvalue weighted by atomic mass is 10.1. The number of nitrogens with zero attached hydrogens (tertiary/aromatic N) is 1. The van der Waals surface area contributed by atoms with Crippen molar-refractivity contribution in [1.29, 1.82) is 0 Å². The van der Waals surface area contributed by atoms with Gasteiger partial charge in [0.2, 0.25) is 0 Å². The first-order chi connectivity index (χ1) is 8.08. The van der Waals surface area contributed by atoms with Crippen molar-refractivity contribution in [2.75, 3.05) is 0 Å². The summed E-state index contributed by atoms with van der Waals surface area (Å²) in [6.07, 6.45) is 2.96. The van der Waals surface area contributed by atoms with Crippen molar-refractivity contribution in [3.05, 3.63) is 35.0 Å². The van der Waals surface area contributed by atoms with Gasteiger partial charge >= 0.3 is 0 Å². The number of Topliss-reactive ketones (excluding diaryl/α,β-unsaturated/α-hetero) is 1. The lowest BCUT2D eigenvalue weighted by molar-refractivity contribution is 0.0964. The third-order valence-electron chi connectivity index (χ3n) is 3.66. The Morgan fingerprint density at radius 1 is 1.47 bits per heavy atom. The molecule has 1 aromatic heterocycles. The van der Waals surface area contributed by atoms with E-state index in [2.05, 4.69) is 6.92 Å². The molecule has 2 aromatic rings. The number of ketones is 1. The summed E-state index contributed by atoms with van der Waals surface area (Å²) in [5, 5.41) is 1.72. The average Bonchev–Trinajstić information content (AvgIpc) is 2.93. The van der Waals surface area contributed by atoms with Gasteiger partial charge in [-0.05, 0) is 24.5 Å². The lowest BCUT2D eigenvalue weighted by Gasteiger charge is -1.97.